The van der Waals surface area contributed by atoms with Crippen molar-refractivity contribution in [1.82, 2.24) is 14.8 Å². The molecule has 0 aliphatic heterocycles. The van der Waals surface area contributed by atoms with Crippen molar-refractivity contribution in [2.75, 3.05) is 11.9 Å². The van der Waals surface area contributed by atoms with Gasteiger partial charge in [0.2, 0.25) is 0 Å². The molecule has 0 saturated heterocycles. The molecule has 2 rings (SSSR count). The number of rotatable bonds is 4. The van der Waals surface area contributed by atoms with Crippen LogP contribution in [-0.2, 0) is 20.1 Å². The lowest BCUT2D eigenvalue weighted by atomic mass is 10.3. The highest BCUT2D eigenvalue weighted by atomic mass is 15.2. The number of nitrogens with two attached hydrogens (primary N) is 1. The number of aromatic nitrogens is 3. The molecule has 0 bridgehead atoms. The van der Waals surface area contributed by atoms with E-state index < -0.39 is 0 Å². The summed E-state index contributed by atoms with van der Waals surface area (Å²) >= 11 is 0. The van der Waals surface area contributed by atoms with Crippen molar-refractivity contribution < 1.29 is 0 Å². The summed E-state index contributed by atoms with van der Waals surface area (Å²) in [5.41, 5.74) is 7.65. The molecule has 0 saturated carbocycles. The summed E-state index contributed by atoms with van der Waals surface area (Å²) < 4.78 is 1.80. The molecule has 5 heteroatoms. The Morgan fingerprint density at radius 3 is 2.88 bits per heavy atom. The Balaban J connectivity index is 2.11. The highest BCUT2D eigenvalue weighted by Crippen LogP contribution is 2.12. The lowest BCUT2D eigenvalue weighted by molar-refractivity contribution is 0.766. The maximum atomic E-state index is 5.58. The zero-order valence-corrected chi connectivity index (χ0v) is 10.2. The van der Waals surface area contributed by atoms with Crippen LogP contribution in [0.2, 0.25) is 0 Å². The van der Waals surface area contributed by atoms with E-state index in [2.05, 4.69) is 15.0 Å². The second-order valence-corrected chi connectivity index (χ2v) is 4.07. The lowest BCUT2D eigenvalue weighted by Crippen LogP contribution is -2.18. The van der Waals surface area contributed by atoms with Gasteiger partial charge in [0.1, 0.15) is 5.82 Å². The molecule has 0 atom stereocenters. The summed E-state index contributed by atoms with van der Waals surface area (Å²) in [6.07, 6.45) is 3.87. The van der Waals surface area contributed by atoms with E-state index in [1.54, 1.807) is 4.68 Å². The molecule has 0 unspecified atom stereocenters. The van der Waals surface area contributed by atoms with Gasteiger partial charge in [-0.3, -0.25) is 4.68 Å². The van der Waals surface area contributed by atoms with Gasteiger partial charge in [0.05, 0.1) is 11.9 Å². The predicted octanol–water partition coefficient (Wildman–Crippen LogP) is 0.910. The Kier molecular flexibility index (Phi) is 3.39. The minimum absolute atomic E-state index is 0.467. The van der Waals surface area contributed by atoms with Gasteiger partial charge in [0.25, 0.3) is 0 Å². The fourth-order valence-electron chi connectivity index (χ4n) is 1.70. The van der Waals surface area contributed by atoms with Crippen LogP contribution in [0, 0.1) is 0 Å². The summed E-state index contributed by atoms with van der Waals surface area (Å²) in [5, 5.41) is 4.15. The molecule has 2 N–H and O–H groups in total. The molecule has 17 heavy (non-hydrogen) atoms. The number of nitrogens with zero attached hydrogens (tertiary/aromatic N) is 4. The molecule has 0 radical (unpaired) electrons. The zero-order chi connectivity index (χ0) is 12.3. The van der Waals surface area contributed by atoms with Gasteiger partial charge in [-0.15, -0.1) is 0 Å². The number of aryl methyl sites for hydroxylation is 1. The van der Waals surface area contributed by atoms with Crippen LogP contribution in [-0.4, -0.2) is 21.8 Å². The van der Waals surface area contributed by atoms with Crippen LogP contribution in [0.3, 0.4) is 0 Å². The first kappa shape index (κ1) is 11.6. The zero-order valence-electron chi connectivity index (χ0n) is 10.2. The van der Waals surface area contributed by atoms with Crippen molar-refractivity contribution in [3.63, 3.8) is 0 Å². The quantitative estimate of drug-likeness (QED) is 0.849. The third kappa shape index (κ3) is 2.82. The normalized spacial score (nSPS) is 10.5. The van der Waals surface area contributed by atoms with E-state index in [4.69, 9.17) is 5.73 Å². The van der Waals surface area contributed by atoms with Crippen molar-refractivity contribution in [2.24, 2.45) is 12.8 Å². The minimum atomic E-state index is 0.467. The first-order chi connectivity index (χ1) is 8.19. The van der Waals surface area contributed by atoms with E-state index in [0.29, 0.717) is 6.54 Å². The van der Waals surface area contributed by atoms with Crippen LogP contribution in [0.1, 0.15) is 11.3 Å². The third-order valence-electron chi connectivity index (χ3n) is 2.57. The van der Waals surface area contributed by atoms with Crippen LogP contribution in [0.25, 0.3) is 0 Å². The molecular weight excluding hydrogens is 214 g/mol. The van der Waals surface area contributed by atoms with Gasteiger partial charge in [-0.05, 0) is 12.1 Å². The number of hydrogen-bond acceptors (Lipinski definition) is 4. The van der Waals surface area contributed by atoms with Gasteiger partial charge in [0, 0.05) is 38.9 Å². The molecule has 2 heterocycles. The van der Waals surface area contributed by atoms with Gasteiger partial charge >= 0.3 is 0 Å². The van der Waals surface area contributed by atoms with Crippen molar-refractivity contribution in [3.8, 4) is 0 Å². The van der Waals surface area contributed by atoms with Gasteiger partial charge < -0.3 is 10.6 Å². The number of hydrogen-bond donors (Lipinski definition) is 1. The predicted molar refractivity (Wildman–Crippen MR) is 67.4 cm³/mol. The van der Waals surface area contributed by atoms with E-state index in [0.717, 1.165) is 23.6 Å². The molecule has 2 aromatic heterocycles. The lowest BCUT2D eigenvalue weighted by Gasteiger charge is -2.17. The average molecular weight is 231 g/mol. The monoisotopic (exact) mass is 231 g/mol. The Morgan fingerprint density at radius 2 is 2.24 bits per heavy atom. The molecule has 0 amide bonds. The molecular formula is C12H17N5. The second-order valence-electron chi connectivity index (χ2n) is 4.07. The molecule has 5 nitrogen and oxygen atoms in total. The number of anilines is 1. The SMILES string of the molecule is CN(Cc1cnn(C)c1)c1cccc(CN)n1. The minimum Gasteiger partial charge on any atom is -0.355 e. The van der Waals surface area contributed by atoms with E-state index in [1.807, 2.05) is 44.7 Å². The Bertz CT molecular complexity index is 491. The van der Waals surface area contributed by atoms with E-state index in [1.165, 1.54) is 0 Å². The maximum absolute atomic E-state index is 5.58. The van der Waals surface area contributed by atoms with Gasteiger partial charge in [-0.1, -0.05) is 6.07 Å². The molecule has 0 aromatic carbocycles. The van der Waals surface area contributed by atoms with Gasteiger partial charge in [-0.2, -0.15) is 5.10 Å². The first-order valence-electron chi connectivity index (χ1n) is 5.53. The fraction of sp³-hybridized carbons (Fsp3) is 0.333. The summed E-state index contributed by atoms with van der Waals surface area (Å²) in [6.45, 7) is 1.25. The largest absolute Gasteiger partial charge is 0.355 e. The molecule has 0 aliphatic carbocycles. The van der Waals surface area contributed by atoms with Gasteiger partial charge in [0.15, 0.2) is 0 Å². The van der Waals surface area contributed by atoms with E-state index >= 15 is 0 Å². The standard InChI is InChI=1S/C12H17N5/c1-16(8-10-7-14-17(2)9-10)12-5-3-4-11(6-13)15-12/h3-5,7,9H,6,8,13H2,1-2H3. The van der Waals surface area contributed by atoms with Crippen LogP contribution < -0.4 is 10.6 Å². The molecule has 90 valence electrons. The molecule has 0 spiro atoms. The second kappa shape index (κ2) is 4.97. The highest BCUT2D eigenvalue weighted by Gasteiger charge is 2.05. The van der Waals surface area contributed by atoms with E-state index in [9.17, 15) is 0 Å². The summed E-state index contributed by atoms with van der Waals surface area (Å²) in [5.74, 6) is 0.928. The molecule has 0 fully saturated rings. The van der Waals surface area contributed by atoms with Crippen molar-refractivity contribution >= 4 is 5.82 Å². The Hall–Kier alpha value is -1.88. The van der Waals surface area contributed by atoms with Gasteiger partial charge in [-0.25, -0.2) is 4.98 Å². The number of pyridine rings is 1. The topological polar surface area (TPSA) is 60.0 Å². The maximum Gasteiger partial charge on any atom is 0.128 e. The van der Waals surface area contributed by atoms with Crippen molar-refractivity contribution in [2.45, 2.75) is 13.1 Å². The van der Waals surface area contributed by atoms with Crippen LogP contribution >= 0.6 is 0 Å². The van der Waals surface area contributed by atoms with E-state index in [-0.39, 0.29) is 0 Å². The summed E-state index contributed by atoms with van der Waals surface area (Å²) in [4.78, 5) is 6.55. The summed E-state index contributed by atoms with van der Waals surface area (Å²) in [6, 6.07) is 5.89. The first-order valence-corrected chi connectivity index (χ1v) is 5.53. The Morgan fingerprint density at radius 1 is 1.41 bits per heavy atom. The molecule has 2 aromatic rings. The average Bonchev–Trinajstić information content (AvgIpc) is 2.75. The highest BCUT2D eigenvalue weighted by molar-refractivity contribution is 5.39. The van der Waals surface area contributed by atoms with Crippen LogP contribution in [0.4, 0.5) is 5.82 Å². The molecule has 0 aliphatic rings. The van der Waals surface area contributed by atoms with Crippen molar-refractivity contribution in [3.05, 3.63) is 41.9 Å². The smallest absolute Gasteiger partial charge is 0.128 e. The van der Waals surface area contributed by atoms with Crippen LogP contribution in [0.15, 0.2) is 30.6 Å². The van der Waals surface area contributed by atoms with Crippen molar-refractivity contribution in [1.29, 1.82) is 0 Å². The summed E-state index contributed by atoms with van der Waals surface area (Å²) in [7, 11) is 3.92. The Labute approximate surface area is 101 Å². The van der Waals surface area contributed by atoms with Crippen LogP contribution in [0.5, 0.6) is 0 Å². The fourth-order valence-corrected chi connectivity index (χ4v) is 1.70. The third-order valence-corrected chi connectivity index (χ3v) is 2.57.